The lowest BCUT2D eigenvalue weighted by atomic mass is 10.0. The minimum atomic E-state index is -3.32. The van der Waals surface area contributed by atoms with Gasteiger partial charge in [0.15, 0.2) is 9.84 Å². The first-order valence-electron chi connectivity index (χ1n) is 13.6. The summed E-state index contributed by atoms with van der Waals surface area (Å²) in [5.41, 5.74) is 0. The molecule has 0 saturated carbocycles. The Morgan fingerprint density at radius 3 is 1.52 bits per heavy atom. The molecule has 0 atom stereocenters. The van der Waals surface area contributed by atoms with E-state index in [1.165, 1.54) is 64.2 Å². The van der Waals surface area contributed by atoms with Gasteiger partial charge in [0.1, 0.15) is 17.3 Å². The Morgan fingerprint density at radius 1 is 0.576 bits per heavy atom. The summed E-state index contributed by atoms with van der Waals surface area (Å²) >= 11 is 0. The number of carbonyl (C=O) groups excluding carboxylic acids is 2. The van der Waals surface area contributed by atoms with Crippen LogP contribution in [0.5, 0.6) is 0 Å². The van der Waals surface area contributed by atoms with E-state index < -0.39 is 9.84 Å². The van der Waals surface area contributed by atoms with Crippen molar-refractivity contribution in [1.82, 2.24) is 0 Å². The molecule has 0 aliphatic heterocycles. The zero-order valence-electron chi connectivity index (χ0n) is 21.7. The third-order valence-corrected chi connectivity index (χ3v) is 7.83. The van der Waals surface area contributed by atoms with Gasteiger partial charge in [-0.3, -0.25) is 9.59 Å². The van der Waals surface area contributed by atoms with Gasteiger partial charge >= 0.3 is 0 Å². The number of hydrogen-bond acceptors (Lipinski definition) is 5. The average molecular weight is 489 g/mol. The summed E-state index contributed by atoms with van der Waals surface area (Å²) in [4.78, 5) is 23.7. The molecule has 0 aromatic rings. The first-order chi connectivity index (χ1) is 15.9. The van der Waals surface area contributed by atoms with Gasteiger partial charge < -0.3 is 4.74 Å². The van der Waals surface area contributed by atoms with Crippen LogP contribution in [0.15, 0.2) is 0 Å². The molecule has 0 aliphatic carbocycles. The van der Waals surface area contributed by atoms with Crippen molar-refractivity contribution in [3.8, 4) is 0 Å². The zero-order valence-corrected chi connectivity index (χ0v) is 22.5. The van der Waals surface area contributed by atoms with Crippen LogP contribution in [0.2, 0.25) is 0 Å². The first-order valence-corrected chi connectivity index (χ1v) is 15.5. The van der Waals surface area contributed by atoms with Gasteiger partial charge in [0.2, 0.25) is 0 Å². The van der Waals surface area contributed by atoms with Gasteiger partial charge in [0, 0.05) is 33.0 Å². The highest BCUT2D eigenvalue weighted by Crippen LogP contribution is 2.13. The van der Waals surface area contributed by atoms with Crippen molar-refractivity contribution in [3.05, 3.63) is 0 Å². The molecule has 0 amide bonds. The van der Waals surface area contributed by atoms with Gasteiger partial charge in [-0.25, -0.2) is 8.42 Å². The van der Waals surface area contributed by atoms with Gasteiger partial charge in [-0.15, -0.1) is 0 Å². The molecule has 0 unspecified atom stereocenters. The molecule has 6 heteroatoms. The van der Waals surface area contributed by atoms with Crippen molar-refractivity contribution in [2.75, 3.05) is 25.2 Å². The fourth-order valence-corrected chi connectivity index (χ4v) is 5.51. The van der Waals surface area contributed by atoms with E-state index >= 15 is 0 Å². The lowest BCUT2D eigenvalue weighted by Crippen LogP contribution is -2.18. The highest BCUT2D eigenvalue weighted by atomic mass is 32.2. The van der Waals surface area contributed by atoms with E-state index in [2.05, 4.69) is 6.92 Å². The van der Waals surface area contributed by atoms with Crippen LogP contribution in [-0.2, 0) is 24.2 Å². The van der Waals surface area contributed by atoms with Crippen LogP contribution >= 0.6 is 0 Å². The highest BCUT2D eigenvalue weighted by molar-refractivity contribution is 7.92. The second kappa shape index (κ2) is 23.0. The molecule has 0 aliphatic rings. The van der Waals surface area contributed by atoms with Crippen molar-refractivity contribution >= 4 is 21.4 Å². The van der Waals surface area contributed by atoms with E-state index in [0.717, 1.165) is 25.7 Å². The number of hydrogen-bond donors (Lipinski definition) is 0. The minimum Gasteiger partial charge on any atom is -0.385 e. The third-order valence-electron chi connectivity index (χ3n) is 6.16. The Kier molecular flexibility index (Phi) is 22.5. The number of sulfone groups is 1. The predicted octanol–water partition coefficient (Wildman–Crippen LogP) is 7.01. The van der Waals surface area contributed by atoms with E-state index in [9.17, 15) is 18.0 Å². The quantitative estimate of drug-likeness (QED) is 0.122. The summed E-state index contributed by atoms with van der Waals surface area (Å²) in [5, 5.41) is 0. The number of unbranched alkanes of at least 4 members (excludes halogenated alkanes) is 14. The zero-order chi connectivity index (χ0) is 24.6. The van der Waals surface area contributed by atoms with Crippen LogP contribution in [0.25, 0.3) is 0 Å². The standard InChI is InChI=1S/C27H52O5S/c1-3-4-5-6-7-8-9-10-11-12-13-14-16-21-27(29)25-33(30,31)24-18-15-17-20-26(28)22-19-23-32-2/h3-25H2,1-2H3. The summed E-state index contributed by atoms with van der Waals surface area (Å²) in [7, 11) is -1.70. The molecule has 0 spiro atoms. The van der Waals surface area contributed by atoms with Crippen LogP contribution in [0, 0.1) is 0 Å². The molecule has 0 aromatic heterocycles. The molecular weight excluding hydrogens is 436 g/mol. The maximum absolute atomic E-state index is 12.1. The molecule has 0 fully saturated rings. The van der Waals surface area contributed by atoms with Gasteiger partial charge in [0.05, 0.1) is 5.75 Å². The summed E-state index contributed by atoms with van der Waals surface area (Å²) in [6.07, 6.45) is 20.4. The molecular formula is C27H52O5S. The monoisotopic (exact) mass is 488 g/mol. The van der Waals surface area contributed by atoms with Crippen molar-refractivity contribution in [2.45, 2.75) is 135 Å². The second-order valence-corrected chi connectivity index (χ2v) is 11.8. The third kappa shape index (κ3) is 24.2. The molecule has 0 heterocycles. The van der Waals surface area contributed by atoms with Crippen LogP contribution in [0.3, 0.4) is 0 Å². The smallest absolute Gasteiger partial charge is 0.157 e. The lowest BCUT2D eigenvalue weighted by molar-refractivity contribution is -0.119. The van der Waals surface area contributed by atoms with Gasteiger partial charge in [-0.05, 0) is 25.7 Å². The van der Waals surface area contributed by atoms with Crippen molar-refractivity contribution in [2.24, 2.45) is 0 Å². The van der Waals surface area contributed by atoms with Crippen LogP contribution in [0.4, 0.5) is 0 Å². The topological polar surface area (TPSA) is 77.5 Å². The molecule has 0 saturated heterocycles. The maximum Gasteiger partial charge on any atom is 0.157 e. The van der Waals surface area contributed by atoms with Crippen molar-refractivity contribution in [3.63, 3.8) is 0 Å². The van der Waals surface area contributed by atoms with Crippen LogP contribution in [0.1, 0.15) is 135 Å². The summed E-state index contributed by atoms with van der Waals surface area (Å²) < 4.78 is 29.2. The largest absolute Gasteiger partial charge is 0.385 e. The molecule has 5 nitrogen and oxygen atoms in total. The highest BCUT2D eigenvalue weighted by Gasteiger charge is 2.16. The summed E-state index contributed by atoms with van der Waals surface area (Å²) in [6, 6.07) is 0. The molecule has 0 bridgehead atoms. The maximum atomic E-state index is 12.1. The Bertz CT molecular complexity index is 571. The van der Waals surface area contributed by atoms with E-state index in [-0.39, 0.29) is 23.1 Å². The predicted molar refractivity (Wildman–Crippen MR) is 139 cm³/mol. The van der Waals surface area contributed by atoms with E-state index in [1.807, 2.05) is 0 Å². The normalized spacial score (nSPS) is 11.7. The fourth-order valence-electron chi connectivity index (χ4n) is 4.09. The van der Waals surface area contributed by atoms with E-state index in [1.54, 1.807) is 7.11 Å². The van der Waals surface area contributed by atoms with Gasteiger partial charge in [-0.2, -0.15) is 0 Å². The summed E-state index contributed by atoms with van der Waals surface area (Å²) in [6.45, 7) is 2.84. The van der Waals surface area contributed by atoms with Crippen LogP contribution < -0.4 is 0 Å². The Labute approximate surface area is 204 Å². The van der Waals surface area contributed by atoms with E-state index in [4.69, 9.17) is 4.74 Å². The average Bonchev–Trinajstić information content (AvgIpc) is 2.76. The number of rotatable bonds is 26. The van der Waals surface area contributed by atoms with Crippen molar-refractivity contribution < 1.29 is 22.7 Å². The van der Waals surface area contributed by atoms with Gasteiger partial charge in [0.25, 0.3) is 0 Å². The number of ether oxygens (including phenoxy) is 1. The molecule has 0 radical (unpaired) electrons. The lowest BCUT2D eigenvalue weighted by Gasteiger charge is -2.05. The van der Waals surface area contributed by atoms with E-state index in [0.29, 0.717) is 45.1 Å². The SMILES string of the molecule is CCCCCCCCCCCCCCCC(=O)CS(=O)(=O)CCCCCC(=O)CCCOC. The summed E-state index contributed by atoms with van der Waals surface area (Å²) in [5.74, 6) is -0.203. The molecule has 0 rings (SSSR count). The number of carbonyl (C=O) groups is 2. The second-order valence-electron chi connectivity index (χ2n) is 9.57. The van der Waals surface area contributed by atoms with Gasteiger partial charge in [-0.1, -0.05) is 90.4 Å². The fraction of sp³-hybridized carbons (Fsp3) is 0.926. The molecule has 0 aromatic carbocycles. The Balaban J connectivity index is 3.56. The van der Waals surface area contributed by atoms with Crippen LogP contribution in [-0.4, -0.2) is 45.2 Å². The first kappa shape index (κ1) is 32.2. The molecule has 0 N–H and O–H groups in total. The number of ketones is 2. The Morgan fingerprint density at radius 2 is 1.00 bits per heavy atom. The minimum absolute atomic E-state index is 0.0508. The molecule has 33 heavy (non-hydrogen) atoms. The number of methoxy groups -OCH3 is 1. The Hall–Kier alpha value is -0.750. The number of Topliss-reactive ketones (excluding diaryl/α,β-unsaturated/α-hetero) is 2. The molecule has 196 valence electrons. The van der Waals surface area contributed by atoms with Crippen molar-refractivity contribution in [1.29, 1.82) is 0 Å².